The number of rotatable bonds is 3. The predicted octanol–water partition coefficient (Wildman–Crippen LogP) is 1.09. The minimum atomic E-state index is 0.0831. The first kappa shape index (κ1) is 8.07. The largest absolute Gasteiger partial charge is 0.382 e. The molecule has 1 aromatic heterocycles. The summed E-state index contributed by atoms with van der Waals surface area (Å²) in [6.45, 7) is 2.05. The van der Waals surface area contributed by atoms with Crippen LogP contribution in [-0.2, 0) is 4.74 Å². The van der Waals surface area contributed by atoms with Crippen LogP contribution in [0.15, 0.2) is 6.07 Å². The lowest BCUT2D eigenvalue weighted by Crippen LogP contribution is -1.99. The number of hydrogen-bond donors (Lipinski definition) is 2. The maximum atomic E-state index is 5.43. The third-order valence-corrected chi connectivity index (χ3v) is 1.62. The van der Waals surface area contributed by atoms with Crippen molar-refractivity contribution in [2.45, 2.75) is 19.4 Å². The first-order chi connectivity index (χ1) is 5.27. The Morgan fingerprint density at radius 2 is 2.55 bits per heavy atom. The number of nitrogens with zero attached hydrogens (tertiary/aromatic N) is 1. The Morgan fingerprint density at radius 1 is 1.82 bits per heavy atom. The van der Waals surface area contributed by atoms with Gasteiger partial charge >= 0.3 is 0 Å². The van der Waals surface area contributed by atoms with Gasteiger partial charge in [0, 0.05) is 13.2 Å². The molecular formula is C7H13N3O. The lowest BCUT2D eigenvalue weighted by Gasteiger charge is -2.08. The predicted molar refractivity (Wildman–Crippen MR) is 43.0 cm³/mol. The number of aromatic nitrogens is 2. The number of methoxy groups -OCH3 is 1. The number of H-pyrrole nitrogens is 1. The summed E-state index contributed by atoms with van der Waals surface area (Å²) in [7, 11) is 1.67. The Bertz CT molecular complexity index is 217. The van der Waals surface area contributed by atoms with Crippen molar-refractivity contribution in [2.75, 3.05) is 12.8 Å². The second-order valence-electron chi connectivity index (χ2n) is 2.38. The molecule has 1 heterocycles. The summed E-state index contributed by atoms with van der Waals surface area (Å²) >= 11 is 0. The Morgan fingerprint density at radius 3 is 2.91 bits per heavy atom. The maximum absolute atomic E-state index is 5.43. The standard InChI is InChI=1S/C7H13N3O/c1-3-6(11-2)5-4-7(8)10-9-5/h4,6H,3H2,1-2H3,(H3,8,9,10). The number of ether oxygens (including phenoxy) is 1. The van der Waals surface area contributed by atoms with Crippen LogP contribution >= 0.6 is 0 Å². The van der Waals surface area contributed by atoms with Crippen LogP contribution in [0.4, 0.5) is 5.82 Å². The number of nitrogens with one attached hydrogen (secondary N) is 1. The van der Waals surface area contributed by atoms with Crippen molar-refractivity contribution in [2.24, 2.45) is 0 Å². The lowest BCUT2D eigenvalue weighted by atomic mass is 10.2. The highest BCUT2D eigenvalue weighted by Crippen LogP contribution is 2.18. The highest BCUT2D eigenvalue weighted by molar-refractivity contribution is 5.29. The quantitative estimate of drug-likeness (QED) is 0.686. The smallest absolute Gasteiger partial charge is 0.145 e. The van der Waals surface area contributed by atoms with Crippen molar-refractivity contribution in [3.8, 4) is 0 Å². The van der Waals surface area contributed by atoms with Crippen LogP contribution in [0.2, 0.25) is 0 Å². The van der Waals surface area contributed by atoms with E-state index in [1.165, 1.54) is 0 Å². The minimum absolute atomic E-state index is 0.0831. The van der Waals surface area contributed by atoms with E-state index in [1.54, 1.807) is 13.2 Å². The molecule has 0 spiro atoms. The van der Waals surface area contributed by atoms with Crippen molar-refractivity contribution in [1.29, 1.82) is 0 Å². The summed E-state index contributed by atoms with van der Waals surface area (Å²) in [4.78, 5) is 0. The fourth-order valence-corrected chi connectivity index (χ4v) is 1.03. The molecule has 0 aliphatic carbocycles. The molecule has 0 fully saturated rings. The number of aromatic amines is 1. The van der Waals surface area contributed by atoms with Gasteiger partial charge in [-0.05, 0) is 6.42 Å². The molecule has 0 saturated heterocycles. The molecule has 62 valence electrons. The van der Waals surface area contributed by atoms with E-state index in [1.807, 2.05) is 6.92 Å². The van der Waals surface area contributed by atoms with E-state index in [0.29, 0.717) is 5.82 Å². The summed E-state index contributed by atoms with van der Waals surface area (Å²) in [5, 5.41) is 6.61. The van der Waals surface area contributed by atoms with Crippen LogP contribution in [0.25, 0.3) is 0 Å². The average molecular weight is 155 g/mol. The molecule has 0 radical (unpaired) electrons. The lowest BCUT2D eigenvalue weighted by molar-refractivity contribution is 0.0964. The SMILES string of the molecule is CCC(OC)c1cc(N)n[nH]1. The molecule has 0 bridgehead atoms. The van der Waals surface area contributed by atoms with Crippen LogP contribution in [-0.4, -0.2) is 17.3 Å². The zero-order valence-corrected chi connectivity index (χ0v) is 6.79. The van der Waals surface area contributed by atoms with Crippen molar-refractivity contribution in [1.82, 2.24) is 10.2 Å². The first-order valence-electron chi connectivity index (χ1n) is 3.61. The molecule has 1 atom stereocenters. The van der Waals surface area contributed by atoms with Crippen molar-refractivity contribution >= 4 is 5.82 Å². The molecule has 0 amide bonds. The number of nitrogens with two attached hydrogens (primary N) is 1. The van der Waals surface area contributed by atoms with Gasteiger partial charge in [0.2, 0.25) is 0 Å². The van der Waals surface area contributed by atoms with E-state index < -0.39 is 0 Å². The third-order valence-electron chi connectivity index (χ3n) is 1.62. The molecule has 0 aliphatic heterocycles. The molecule has 4 nitrogen and oxygen atoms in total. The van der Waals surface area contributed by atoms with Gasteiger partial charge in [-0.3, -0.25) is 5.10 Å². The van der Waals surface area contributed by atoms with Gasteiger partial charge in [-0.25, -0.2) is 0 Å². The Labute approximate surface area is 65.7 Å². The van der Waals surface area contributed by atoms with Crippen molar-refractivity contribution < 1.29 is 4.74 Å². The van der Waals surface area contributed by atoms with Gasteiger partial charge in [-0.1, -0.05) is 6.92 Å². The normalized spacial score (nSPS) is 13.3. The molecule has 3 N–H and O–H groups in total. The molecule has 1 unspecified atom stereocenters. The van der Waals surface area contributed by atoms with Gasteiger partial charge in [0.1, 0.15) is 5.82 Å². The fraction of sp³-hybridized carbons (Fsp3) is 0.571. The molecular weight excluding hydrogens is 142 g/mol. The van der Waals surface area contributed by atoms with Gasteiger partial charge in [0.05, 0.1) is 11.8 Å². The topological polar surface area (TPSA) is 63.9 Å². The summed E-state index contributed by atoms with van der Waals surface area (Å²) in [5.74, 6) is 0.510. The van der Waals surface area contributed by atoms with E-state index >= 15 is 0 Å². The third kappa shape index (κ3) is 1.71. The molecule has 1 aromatic rings. The van der Waals surface area contributed by atoms with Gasteiger partial charge in [0.25, 0.3) is 0 Å². The van der Waals surface area contributed by atoms with Gasteiger partial charge in [-0.2, -0.15) is 5.10 Å². The second kappa shape index (κ2) is 3.39. The van der Waals surface area contributed by atoms with Crippen LogP contribution in [0, 0.1) is 0 Å². The van der Waals surface area contributed by atoms with E-state index in [9.17, 15) is 0 Å². The molecule has 0 aromatic carbocycles. The van der Waals surface area contributed by atoms with Crippen molar-refractivity contribution in [3.63, 3.8) is 0 Å². The summed E-state index contributed by atoms with van der Waals surface area (Å²) in [6, 6.07) is 1.79. The second-order valence-corrected chi connectivity index (χ2v) is 2.38. The van der Waals surface area contributed by atoms with Crippen LogP contribution < -0.4 is 5.73 Å². The monoisotopic (exact) mass is 155 g/mol. The van der Waals surface area contributed by atoms with Gasteiger partial charge in [-0.15, -0.1) is 0 Å². The number of hydrogen-bond acceptors (Lipinski definition) is 3. The number of nitrogen functional groups attached to an aromatic ring is 1. The average Bonchev–Trinajstić information content (AvgIpc) is 2.39. The first-order valence-corrected chi connectivity index (χ1v) is 3.61. The van der Waals surface area contributed by atoms with Gasteiger partial charge in [0.15, 0.2) is 0 Å². The number of anilines is 1. The summed E-state index contributed by atoms with van der Waals surface area (Å²) in [5.41, 5.74) is 6.37. The fourth-order valence-electron chi connectivity index (χ4n) is 1.03. The summed E-state index contributed by atoms with van der Waals surface area (Å²) in [6.07, 6.45) is 0.998. The molecule has 1 rings (SSSR count). The molecule has 0 aliphatic rings. The zero-order valence-electron chi connectivity index (χ0n) is 6.79. The van der Waals surface area contributed by atoms with Crippen LogP contribution in [0.5, 0.6) is 0 Å². The maximum Gasteiger partial charge on any atom is 0.145 e. The van der Waals surface area contributed by atoms with E-state index in [0.717, 1.165) is 12.1 Å². The van der Waals surface area contributed by atoms with Gasteiger partial charge < -0.3 is 10.5 Å². The highest BCUT2D eigenvalue weighted by atomic mass is 16.5. The molecule has 0 saturated carbocycles. The van der Waals surface area contributed by atoms with Crippen molar-refractivity contribution in [3.05, 3.63) is 11.8 Å². The molecule has 4 heteroatoms. The Hall–Kier alpha value is -1.03. The van der Waals surface area contributed by atoms with E-state index in [2.05, 4.69) is 10.2 Å². The van der Waals surface area contributed by atoms with E-state index in [-0.39, 0.29) is 6.10 Å². The minimum Gasteiger partial charge on any atom is -0.382 e. The summed E-state index contributed by atoms with van der Waals surface area (Å²) < 4.78 is 5.17. The van der Waals surface area contributed by atoms with Crippen LogP contribution in [0.3, 0.4) is 0 Å². The Kier molecular flexibility index (Phi) is 2.48. The van der Waals surface area contributed by atoms with Crippen LogP contribution in [0.1, 0.15) is 25.1 Å². The molecule has 11 heavy (non-hydrogen) atoms. The Balaban J connectivity index is 2.73. The highest BCUT2D eigenvalue weighted by Gasteiger charge is 2.09. The zero-order chi connectivity index (χ0) is 8.27. The van der Waals surface area contributed by atoms with E-state index in [4.69, 9.17) is 10.5 Å².